The second kappa shape index (κ2) is 5.49. The maximum atomic E-state index is 11.5. The number of alkyl halides is 1. The van der Waals surface area contributed by atoms with E-state index in [0.717, 1.165) is 12.8 Å². The lowest BCUT2D eigenvalue weighted by Gasteiger charge is -2.07. The molecule has 0 amide bonds. The summed E-state index contributed by atoms with van der Waals surface area (Å²) in [6, 6.07) is 0. The molecular weight excluding hydrogens is 248 g/mol. The molecule has 0 aromatic carbocycles. The fourth-order valence-electron chi connectivity index (χ4n) is 1.24. The van der Waals surface area contributed by atoms with Crippen LogP contribution in [0.5, 0.6) is 0 Å². The third-order valence-corrected chi connectivity index (χ3v) is 3.10. The molecule has 0 radical (unpaired) electrons. The monoisotopic (exact) mass is 262 g/mol. The maximum absolute atomic E-state index is 11.5. The Balaban J connectivity index is 2.16. The molecule has 0 aromatic rings. The molecule has 0 N–H and O–H groups in total. The Morgan fingerprint density at radius 3 is 2.64 bits per heavy atom. The maximum Gasteiger partial charge on any atom is 0.305 e. The summed E-state index contributed by atoms with van der Waals surface area (Å²) in [6.45, 7) is 2.18. The van der Waals surface area contributed by atoms with E-state index in [9.17, 15) is 9.59 Å². The SMILES string of the molecule is CCOC(=O)CCC(Br)C(=O)C1CC1. The molecule has 0 saturated heterocycles. The van der Waals surface area contributed by atoms with Gasteiger partial charge in [0, 0.05) is 12.3 Å². The highest BCUT2D eigenvalue weighted by molar-refractivity contribution is 9.10. The number of halogens is 1. The van der Waals surface area contributed by atoms with Crippen LogP contribution in [0.15, 0.2) is 0 Å². The first-order valence-electron chi connectivity index (χ1n) is 4.98. The van der Waals surface area contributed by atoms with Crippen LogP contribution in [0.3, 0.4) is 0 Å². The van der Waals surface area contributed by atoms with E-state index in [0.29, 0.717) is 19.4 Å². The van der Waals surface area contributed by atoms with Gasteiger partial charge in [-0.15, -0.1) is 0 Å². The predicted octanol–water partition coefficient (Wildman–Crippen LogP) is 2.07. The van der Waals surface area contributed by atoms with Crippen LogP contribution >= 0.6 is 15.9 Å². The van der Waals surface area contributed by atoms with Gasteiger partial charge in [-0.2, -0.15) is 0 Å². The van der Waals surface area contributed by atoms with E-state index >= 15 is 0 Å². The van der Waals surface area contributed by atoms with Gasteiger partial charge >= 0.3 is 5.97 Å². The van der Waals surface area contributed by atoms with Crippen LogP contribution in [0.25, 0.3) is 0 Å². The minimum Gasteiger partial charge on any atom is -0.466 e. The molecule has 0 heterocycles. The number of hydrogen-bond donors (Lipinski definition) is 0. The Morgan fingerprint density at radius 1 is 1.50 bits per heavy atom. The van der Waals surface area contributed by atoms with E-state index in [2.05, 4.69) is 15.9 Å². The van der Waals surface area contributed by atoms with Crippen molar-refractivity contribution in [2.45, 2.75) is 37.4 Å². The zero-order valence-corrected chi connectivity index (χ0v) is 9.88. The van der Waals surface area contributed by atoms with Gasteiger partial charge in [0.15, 0.2) is 0 Å². The predicted molar refractivity (Wildman–Crippen MR) is 56.3 cm³/mol. The molecule has 1 aliphatic carbocycles. The van der Waals surface area contributed by atoms with Gasteiger partial charge in [-0.1, -0.05) is 15.9 Å². The third-order valence-electron chi connectivity index (χ3n) is 2.20. The van der Waals surface area contributed by atoms with Gasteiger partial charge in [-0.3, -0.25) is 9.59 Å². The Bertz CT molecular complexity index is 223. The van der Waals surface area contributed by atoms with E-state index in [-0.39, 0.29) is 22.5 Å². The Kier molecular flexibility index (Phi) is 4.58. The minimum atomic E-state index is -0.222. The number of carbonyl (C=O) groups is 2. The molecule has 1 saturated carbocycles. The second-order valence-corrected chi connectivity index (χ2v) is 4.59. The average Bonchev–Trinajstić information content (AvgIpc) is 2.96. The summed E-state index contributed by atoms with van der Waals surface area (Å²) in [7, 11) is 0. The highest BCUT2D eigenvalue weighted by Gasteiger charge is 2.33. The molecule has 0 spiro atoms. The van der Waals surface area contributed by atoms with Crippen molar-refractivity contribution in [3.8, 4) is 0 Å². The van der Waals surface area contributed by atoms with E-state index < -0.39 is 0 Å². The van der Waals surface area contributed by atoms with Crippen LogP contribution in [0.4, 0.5) is 0 Å². The summed E-state index contributed by atoms with van der Waals surface area (Å²) < 4.78 is 4.78. The third kappa shape index (κ3) is 3.78. The highest BCUT2D eigenvalue weighted by atomic mass is 79.9. The van der Waals surface area contributed by atoms with Crippen molar-refractivity contribution in [3.05, 3.63) is 0 Å². The zero-order valence-electron chi connectivity index (χ0n) is 8.29. The number of esters is 1. The standard InChI is InChI=1S/C10H15BrO3/c1-2-14-9(12)6-5-8(11)10(13)7-3-4-7/h7-8H,2-6H2,1H3. The molecule has 1 fully saturated rings. The largest absolute Gasteiger partial charge is 0.466 e. The van der Waals surface area contributed by atoms with Gasteiger partial charge in [0.2, 0.25) is 0 Å². The molecule has 3 nitrogen and oxygen atoms in total. The van der Waals surface area contributed by atoms with E-state index in [4.69, 9.17) is 4.74 Å². The summed E-state index contributed by atoms with van der Waals surface area (Å²) in [5.74, 6) is 0.274. The number of rotatable bonds is 6. The molecule has 0 aliphatic heterocycles. The normalized spacial score (nSPS) is 17.6. The number of ketones is 1. The van der Waals surface area contributed by atoms with Gasteiger partial charge in [-0.05, 0) is 26.2 Å². The van der Waals surface area contributed by atoms with Crippen LogP contribution in [-0.2, 0) is 14.3 Å². The molecule has 14 heavy (non-hydrogen) atoms. The molecule has 1 rings (SSSR count). The van der Waals surface area contributed by atoms with Gasteiger partial charge < -0.3 is 4.74 Å². The van der Waals surface area contributed by atoms with E-state index in [1.165, 1.54) is 0 Å². The van der Waals surface area contributed by atoms with E-state index in [1.807, 2.05) is 0 Å². The second-order valence-electron chi connectivity index (χ2n) is 3.49. The lowest BCUT2D eigenvalue weighted by atomic mass is 10.1. The fraction of sp³-hybridized carbons (Fsp3) is 0.800. The molecule has 1 atom stereocenters. The molecule has 80 valence electrons. The summed E-state index contributed by atoms with van der Waals surface area (Å²) in [4.78, 5) is 22.3. The first kappa shape index (κ1) is 11.7. The minimum absolute atomic E-state index is 0.167. The molecule has 1 aliphatic rings. The van der Waals surface area contributed by atoms with Crippen molar-refractivity contribution < 1.29 is 14.3 Å². The van der Waals surface area contributed by atoms with Crippen molar-refractivity contribution >= 4 is 27.7 Å². The lowest BCUT2D eigenvalue weighted by molar-refractivity contribution is -0.143. The first-order valence-corrected chi connectivity index (χ1v) is 5.90. The van der Waals surface area contributed by atoms with Crippen LogP contribution in [0.2, 0.25) is 0 Å². The van der Waals surface area contributed by atoms with Gasteiger partial charge in [-0.25, -0.2) is 0 Å². The zero-order chi connectivity index (χ0) is 10.6. The fourth-order valence-corrected chi connectivity index (χ4v) is 1.85. The van der Waals surface area contributed by atoms with Crippen molar-refractivity contribution in [1.82, 2.24) is 0 Å². The molecule has 4 heteroatoms. The molecule has 1 unspecified atom stereocenters. The van der Waals surface area contributed by atoms with Crippen molar-refractivity contribution in [2.24, 2.45) is 5.92 Å². The van der Waals surface area contributed by atoms with Gasteiger partial charge in [0.1, 0.15) is 5.78 Å². The lowest BCUT2D eigenvalue weighted by Crippen LogP contribution is -2.17. The smallest absolute Gasteiger partial charge is 0.305 e. The van der Waals surface area contributed by atoms with Crippen molar-refractivity contribution in [1.29, 1.82) is 0 Å². The van der Waals surface area contributed by atoms with Crippen LogP contribution in [-0.4, -0.2) is 23.2 Å². The first-order chi connectivity index (χ1) is 6.65. The average molecular weight is 263 g/mol. The number of ether oxygens (including phenoxy) is 1. The molecular formula is C10H15BrO3. The Morgan fingerprint density at radius 2 is 2.14 bits per heavy atom. The quantitative estimate of drug-likeness (QED) is 0.544. The Hall–Kier alpha value is -0.380. The van der Waals surface area contributed by atoms with Crippen LogP contribution in [0.1, 0.15) is 32.6 Å². The number of carbonyl (C=O) groups excluding carboxylic acids is 2. The van der Waals surface area contributed by atoms with Gasteiger partial charge in [0.25, 0.3) is 0 Å². The number of hydrogen-bond acceptors (Lipinski definition) is 3. The topological polar surface area (TPSA) is 43.4 Å². The van der Waals surface area contributed by atoms with Crippen LogP contribution < -0.4 is 0 Å². The molecule has 0 aromatic heterocycles. The van der Waals surface area contributed by atoms with Crippen molar-refractivity contribution in [2.75, 3.05) is 6.61 Å². The van der Waals surface area contributed by atoms with E-state index in [1.54, 1.807) is 6.92 Å². The van der Waals surface area contributed by atoms with Crippen molar-refractivity contribution in [3.63, 3.8) is 0 Å². The highest BCUT2D eigenvalue weighted by Crippen LogP contribution is 2.33. The summed E-state index contributed by atoms with van der Waals surface area (Å²) >= 11 is 3.31. The molecule has 0 bridgehead atoms. The number of Topliss-reactive ketones (excluding diaryl/α,β-unsaturated/α-hetero) is 1. The summed E-state index contributed by atoms with van der Waals surface area (Å²) in [5.41, 5.74) is 0. The summed E-state index contributed by atoms with van der Waals surface area (Å²) in [5, 5.41) is 0. The summed E-state index contributed by atoms with van der Waals surface area (Å²) in [6.07, 6.45) is 2.90. The van der Waals surface area contributed by atoms with Gasteiger partial charge in [0.05, 0.1) is 11.4 Å². The Labute approximate surface area is 92.3 Å². The van der Waals surface area contributed by atoms with Crippen LogP contribution in [0, 0.1) is 5.92 Å².